The molecule has 1 saturated heterocycles. The van der Waals surface area contributed by atoms with Crippen molar-refractivity contribution in [1.29, 1.82) is 0 Å². The molecule has 1 N–H and O–H groups in total. The van der Waals surface area contributed by atoms with Gasteiger partial charge in [-0.3, -0.25) is 9.59 Å². The smallest absolute Gasteiger partial charge is 0.254 e. The topological polar surface area (TPSA) is 52.7 Å². The molecule has 0 unspecified atom stereocenters. The lowest BCUT2D eigenvalue weighted by Crippen LogP contribution is -2.28. The number of likely N-dealkylation sites (tertiary alicyclic amines) is 1. The van der Waals surface area contributed by atoms with Gasteiger partial charge in [0.15, 0.2) is 0 Å². The summed E-state index contributed by atoms with van der Waals surface area (Å²) in [5.74, 6) is 0.137. The van der Waals surface area contributed by atoms with Gasteiger partial charge in [0.25, 0.3) is 5.91 Å². The van der Waals surface area contributed by atoms with E-state index in [1.54, 1.807) is 0 Å². The Balaban J connectivity index is 1.87. The fraction of sp³-hybridized carbons (Fsp3) is 0.579. The van der Waals surface area contributed by atoms with Crippen LogP contribution < -0.4 is 5.32 Å². The quantitative estimate of drug-likeness (QED) is 0.782. The average Bonchev–Trinajstić information content (AvgIpc) is 3.05. The zero-order valence-electron chi connectivity index (χ0n) is 15.1. The summed E-state index contributed by atoms with van der Waals surface area (Å²) < 4.78 is 0. The maximum absolute atomic E-state index is 12.5. The molecule has 0 bridgehead atoms. The van der Waals surface area contributed by atoms with Crippen LogP contribution in [0.4, 0.5) is 5.69 Å². The minimum Gasteiger partial charge on any atom is -0.339 e. The molecular weight excluding hydrogens is 302 g/mol. The fourth-order valence-electron chi connectivity index (χ4n) is 3.01. The molecule has 2 amide bonds. The van der Waals surface area contributed by atoms with Crippen LogP contribution in [0.2, 0.25) is 0 Å². The second kappa shape index (κ2) is 8.83. The molecule has 0 spiro atoms. The van der Waals surface area contributed by atoms with Gasteiger partial charge in [-0.2, -0.15) is 0 Å². The number of nitrogens with zero attached hydrogens (tertiary/aromatic N) is 2. The minimum absolute atomic E-state index is 0.0341. The molecule has 0 saturated carbocycles. The van der Waals surface area contributed by atoms with E-state index in [9.17, 15) is 9.59 Å². The second-order valence-electron chi connectivity index (χ2n) is 6.84. The first-order valence-electron chi connectivity index (χ1n) is 8.82. The van der Waals surface area contributed by atoms with Crippen molar-refractivity contribution in [2.24, 2.45) is 0 Å². The Bertz CT molecular complexity index is 578. The van der Waals surface area contributed by atoms with E-state index in [4.69, 9.17) is 0 Å². The fourth-order valence-corrected chi connectivity index (χ4v) is 3.01. The SMILES string of the molecule is Cc1cc(NC(=O)CCCCN(C)C)ccc1C(=O)N1CCCC1. The lowest BCUT2D eigenvalue weighted by atomic mass is 10.1. The molecule has 0 aromatic heterocycles. The highest BCUT2D eigenvalue weighted by molar-refractivity contribution is 5.97. The minimum atomic E-state index is 0.0341. The van der Waals surface area contributed by atoms with Gasteiger partial charge in [0.1, 0.15) is 0 Å². The zero-order chi connectivity index (χ0) is 17.5. The van der Waals surface area contributed by atoms with E-state index >= 15 is 0 Å². The lowest BCUT2D eigenvalue weighted by Gasteiger charge is -2.17. The van der Waals surface area contributed by atoms with Gasteiger partial charge < -0.3 is 15.1 Å². The van der Waals surface area contributed by atoms with Crippen LogP contribution in [0, 0.1) is 6.92 Å². The second-order valence-corrected chi connectivity index (χ2v) is 6.84. The maximum Gasteiger partial charge on any atom is 0.254 e. The Hall–Kier alpha value is -1.88. The molecule has 1 aromatic carbocycles. The Morgan fingerprint density at radius 2 is 1.88 bits per heavy atom. The number of hydrogen-bond donors (Lipinski definition) is 1. The van der Waals surface area contributed by atoms with Crippen molar-refractivity contribution < 1.29 is 9.59 Å². The van der Waals surface area contributed by atoms with Crippen molar-refractivity contribution in [3.8, 4) is 0 Å². The Morgan fingerprint density at radius 3 is 2.50 bits per heavy atom. The van der Waals surface area contributed by atoms with Crippen LogP contribution in [0.5, 0.6) is 0 Å². The summed E-state index contributed by atoms with van der Waals surface area (Å²) in [6.07, 6.45) is 4.61. The van der Waals surface area contributed by atoms with Gasteiger partial charge in [-0.05, 0) is 77.0 Å². The number of benzene rings is 1. The van der Waals surface area contributed by atoms with E-state index in [1.807, 2.05) is 44.1 Å². The van der Waals surface area contributed by atoms with Crippen LogP contribution >= 0.6 is 0 Å². The normalized spacial score (nSPS) is 14.2. The highest BCUT2D eigenvalue weighted by Gasteiger charge is 2.20. The zero-order valence-corrected chi connectivity index (χ0v) is 15.1. The molecule has 0 atom stereocenters. The number of aryl methyl sites for hydroxylation is 1. The van der Waals surface area contributed by atoms with E-state index in [0.29, 0.717) is 6.42 Å². The van der Waals surface area contributed by atoms with Crippen molar-refractivity contribution in [3.05, 3.63) is 29.3 Å². The summed E-state index contributed by atoms with van der Waals surface area (Å²) in [5.41, 5.74) is 2.42. The highest BCUT2D eigenvalue weighted by atomic mass is 16.2. The van der Waals surface area contributed by atoms with Gasteiger partial charge in [0.2, 0.25) is 5.91 Å². The predicted octanol–water partition coefficient (Wildman–Crippen LogP) is 2.90. The first-order chi connectivity index (χ1) is 11.5. The van der Waals surface area contributed by atoms with Crippen molar-refractivity contribution in [3.63, 3.8) is 0 Å². The number of hydrogen-bond acceptors (Lipinski definition) is 3. The number of amides is 2. The van der Waals surface area contributed by atoms with E-state index in [0.717, 1.165) is 62.1 Å². The average molecular weight is 331 g/mol. The van der Waals surface area contributed by atoms with Crippen molar-refractivity contribution >= 4 is 17.5 Å². The third kappa shape index (κ3) is 5.34. The molecule has 0 radical (unpaired) electrons. The van der Waals surface area contributed by atoms with Crippen molar-refractivity contribution in [1.82, 2.24) is 9.80 Å². The largest absolute Gasteiger partial charge is 0.339 e. The van der Waals surface area contributed by atoms with E-state index in [2.05, 4.69) is 10.2 Å². The molecule has 1 aromatic rings. The Morgan fingerprint density at radius 1 is 1.17 bits per heavy atom. The third-order valence-corrected chi connectivity index (χ3v) is 4.39. The monoisotopic (exact) mass is 331 g/mol. The van der Waals surface area contributed by atoms with Crippen LogP contribution in [0.3, 0.4) is 0 Å². The van der Waals surface area contributed by atoms with Crippen molar-refractivity contribution in [2.45, 2.75) is 39.0 Å². The molecule has 132 valence electrons. The summed E-state index contributed by atoms with van der Waals surface area (Å²) in [7, 11) is 4.07. The van der Waals surface area contributed by atoms with Gasteiger partial charge in [0.05, 0.1) is 0 Å². The predicted molar refractivity (Wildman–Crippen MR) is 97.4 cm³/mol. The number of carbonyl (C=O) groups excluding carboxylic acids is 2. The first kappa shape index (κ1) is 18.5. The van der Waals surface area contributed by atoms with Crippen LogP contribution in [-0.4, -0.2) is 55.3 Å². The molecule has 0 aliphatic carbocycles. The van der Waals surface area contributed by atoms with E-state index in [-0.39, 0.29) is 11.8 Å². The van der Waals surface area contributed by atoms with Crippen LogP contribution in [0.25, 0.3) is 0 Å². The van der Waals surface area contributed by atoms with Crippen LogP contribution in [0.1, 0.15) is 48.0 Å². The van der Waals surface area contributed by atoms with Gasteiger partial charge in [0, 0.05) is 30.8 Å². The van der Waals surface area contributed by atoms with Crippen LogP contribution in [0.15, 0.2) is 18.2 Å². The summed E-state index contributed by atoms with van der Waals surface area (Å²) in [6.45, 7) is 4.63. The third-order valence-electron chi connectivity index (χ3n) is 4.39. The molecular formula is C19H29N3O2. The Labute approximate surface area is 145 Å². The van der Waals surface area contributed by atoms with Gasteiger partial charge in [-0.15, -0.1) is 0 Å². The van der Waals surface area contributed by atoms with E-state index in [1.165, 1.54) is 0 Å². The molecule has 1 aliphatic heterocycles. The summed E-state index contributed by atoms with van der Waals surface area (Å²) >= 11 is 0. The lowest BCUT2D eigenvalue weighted by molar-refractivity contribution is -0.116. The Kier molecular flexibility index (Phi) is 6.79. The van der Waals surface area contributed by atoms with Gasteiger partial charge in [-0.1, -0.05) is 0 Å². The first-order valence-corrected chi connectivity index (χ1v) is 8.82. The summed E-state index contributed by atoms with van der Waals surface area (Å²) in [5, 5.41) is 2.93. The van der Waals surface area contributed by atoms with Gasteiger partial charge >= 0.3 is 0 Å². The van der Waals surface area contributed by atoms with E-state index < -0.39 is 0 Å². The maximum atomic E-state index is 12.5. The number of nitrogens with one attached hydrogen (secondary N) is 1. The van der Waals surface area contributed by atoms with Crippen LogP contribution in [-0.2, 0) is 4.79 Å². The molecule has 1 fully saturated rings. The van der Waals surface area contributed by atoms with Gasteiger partial charge in [-0.25, -0.2) is 0 Å². The number of rotatable bonds is 7. The molecule has 1 aliphatic rings. The summed E-state index contributed by atoms with van der Waals surface area (Å²) in [6, 6.07) is 5.55. The molecule has 2 rings (SSSR count). The molecule has 5 nitrogen and oxygen atoms in total. The number of carbonyl (C=O) groups is 2. The standard InChI is InChI=1S/C19H29N3O2/c1-15-14-16(20-18(23)8-4-5-11-21(2)3)9-10-17(15)19(24)22-12-6-7-13-22/h9-10,14H,4-8,11-13H2,1-3H3,(H,20,23). The molecule has 1 heterocycles. The number of anilines is 1. The summed E-state index contributed by atoms with van der Waals surface area (Å²) in [4.78, 5) is 28.5. The highest BCUT2D eigenvalue weighted by Crippen LogP contribution is 2.19. The molecule has 5 heteroatoms. The molecule has 24 heavy (non-hydrogen) atoms. The number of unbranched alkanes of at least 4 members (excludes halogenated alkanes) is 1. The van der Waals surface area contributed by atoms with Crippen molar-refractivity contribution in [2.75, 3.05) is 39.0 Å².